The summed E-state index contributed by atoms with van der Waals surface area (Å²) in [6, 6.07) is 0. The van der Waals surface area contributed by atoms with Crippen molar-refractivity contribution in [2.45, 2.75) is 5.25 Å². The van der Waals surface area contributed by atoms with E-state index >= 15 is 0 Å². The zero-order valence-corrected chi connectivity index (χ0v) is 6.50. The molecule has 0 saturated carbocycles. The van der Waals surface area contributed by atoms with Gasteiger partial charge in [-0.25, -0.2) is 8.42 Å². The van der Waals surface area contributed by atoms with Crippen LogP contribution in [0.15, 0.2) is 0 Å². The van der Waals surface area contributed by atoms with Crippen molar-refractivity contribution in [1.82, 2.24) is 0 Å². The van der Waals surface area contributed by atoms with Gasteiger partial charge in [-0.05, 0) is 0 Å². The van der Waals surface area contributed by atoms with Crippen LogP contribution < -0.4 is 0 Å². The summed E-state index contributed by atoms with van der Waals surface area (Å²) in [6.07, 6.45) is 0. The van der Waals surface area contributed by atoms with E-state index in [1.807, 2.05) is 0 Å². The molecule has 1 heterocycles. The Kier molecular flexibility index (Phi) is 2.15. The molecule has 0 radical (unpaired) electrons. The third kappa shape index (κ3) is 1.69. The van der Waals surface area contributed by atoms with Gasteiger partial charge < -0.3 is 9.84 Å². The summed E-state index contributed by atoms with van der Waals surface area (Å²) in [5.41, 5.74) is 0. The van der Waals surface area contributed by atoms with Crippen molar-refractivity contribution in [3.8, 4) is 0 Å². The van der Waals surface area contributed by atoms with Crippen LogP contribution in [-0.2, 0) is 19.4 Å². The lowest BCUT2D eigenvalue weighted by molar-refractivity contribution is -0.137. The number of aliphatic carboxylic acids is 1. The summed E-state index contributed by atoms with van der Waals surface area (Å²) in [5, 5.41) is 7.05. The Labute approximate surface area is 63.9 Å². The van der Waals surface area contributed by atoms with E-state index in [1.54, 1.807) is 0 Å². The molecule has 1 aliphatic heterocycles. The van der Waals surface area contributed by atoms with Gasteiger partial charge in [0.15, 0.2) is 15.1 Å². The highest BCUT2D eigenvalue weighted by molar-refractivity contribution is 7.92. The fourth-order valence-electron chi connectivity index (χ4n) is 0.836. The average Bonchev–Trinajstić information content (AvgIpc) is 1.85. The Morgan fingerprint density at radius 3 is 2.55 bits per heavy atom. The van der Waals surface area contributed by atoms with Gasteiger partial charge in [0.2, 0.25) is 0 Å². The van der Waals surface area contributed by atoms with E-state index in [2.05, 4.69) is 0 Å². The fraction of sp³-hybridized carbons (Fsp3) is 0.800. The number of rotatable bonds is 1. The van der Waals surface area contributed by atoms with E-state index in [0.717, 1.165) is 0 Å². The Hall–Kier alpha value is -0.620. The van der Waals surface area contributed by atoms with Gasteiger partial charge in [-0.2, -0.15) is 0 Å². The highest BCUT2D eigenvalue weighted by Gasteiger charge is 2.35. The normalized spacial score (nSPS) is 29.6. The second-order valence-electron chi connectivity index (χ2n) is 2.27. The number of ether oxygens (including phenoxy) is 1. The smallest absolute Gasteiger partial charge is 0.324 e. The first-order valence-corrected chi connectivity index (χ1v) is 4.78. The van der Waals surface area contributed by atoms with Gasteiger partial charge in [-0.1, -0.05) is 0 Å². The molecule has 1 unspecified atom stereocenters. The molecule has 0 aromatic heterocycles. The van der Waals surface area contributed by atoms with Gasteiger partial charge in [0.1, 0.15) is 0 Å². The van der Waals surface area contributed by atoms with Crippen LogP contribution in [0.5, 0.6) is 0 Å². The minimum atomic E-state index is -3.45. The first-order chi connectivity index (χ1) is 5.04. The summed E-state index contributed by atoms with van der Waals surface area (Å²) in [6.45, 7) is -0.121. The van der Waals surface area contributed by atoms with Gasteiger partial charge >= 0.3 is 5.97 Å². The molecule has 0 amide bonds. The van der Waals surface area contributed by atoms with Gasteiger partial charge in [0.25, 0.3) is 0 Å². The number of carboxylic acids is 1. The van der Waals surface area contributed by atoms with Gasteiger partial charge in [0, 0.05) is 0 Å². The van der Waals surface area contributed by atoms with E-state index in [4.69, 9.17) is 9.84 Å². The van der Waals surface area contributed by atoms with Gasteiger partial charge in [-0.3, -0.25) is 4.79 Å². The summed E-state index contributed by atoms with van der Waals surface area (Å²) in [4.78, 5) is 10.3. The molecule has 1 aliphatic rings. The van der Waals surface area contributed by atoms with E-state index in [-0.39, 0.29) is 19.0 Å². The first kappa shape index (κ1) is 8.48. The minimum Gasteiger partial charge on any atom is -0.480 e. The number of carboxylic acid groups (broad SMARTS) is 1. The fourth-order valence-corrected chi connectivity index (χ4v) is 2.08. The maximum Gasteiger partial charge on any atom is 0.324 e. The lowest BCUT2D eigenvalue weighted by atomic mass is 10.4. The highest BCUT2D eigenvalue weighted by atomic mass is 32.2. The molecule has 0 spiro atoms. The SMILES string of the molecule is O=C(O)C1COCCS1(=O)=O. The second kappa shape index (κ2) is 2.78. The van der Waals surface area contributed by atoms with Gasteiger partial charge in [0.05, 0.1) is 19.0 Å². The molecule has 6 heteroatoms. The molecule has 64 valence electrons. The van der Waals surface area contributed by atoms with E-state index in [1.165, 1.54) is 0 Å². The molecule has 1 atom stereocenters. The van der Waals surface area contributed by atoms with Crippen molar-refractivity contribution < 1.29 is 23.1 Å². The molecule has 0 aliphatic carbocycles. The van der Waals surface area contributed by atoms with Crippen molar-refractivity contribution in [2.75, 3.05) is 19.0 Å². The van der Waals surface area contributed by atoms with Crippen LogP contribution in [0.1, 0.15) is 0 Å². The molecule has 11 heavy (non-hydrogen) atoms. The average molecular weight is 180 g/mol. The van der Waals surface area contributed by atoms with E-state index < -0.39 is 21.1 Å². The van der Waals surface area contributed by atoms with Crippen LogP contribution in [0.4, 0.5) is 0 Å². The summed E-state index contributed by atoms with van der Waals surface area (Å²) >= 11 is 0. The van der Waals surface area contributed by atoms with Crippen molar-refractivity contribution in [1.29, 1.82) is 0 Å². The molecule has 1 saturated heterocycles. The van der Waals surface area contributed by atoms with Crippen LogP contribution >= 0.6 is 0 Å². The molecule has 1 rings (SSSR count). The monoisotopic (exact) mass is 180 g/mol. The maximum absolute atomic E-state index is 11.0. The first-order valence-electron chi connectivity index (χ1n) is 3.06. The standard InChI is InChI=1S/C5H8O5S/c6-5(7)4-3-10-1-2-11(4,8)9/h4H,1-3H2,(H,6,7). The Bertz CT molecular complexity index is 254. The lowest BCUT2D eigenvalue weighted by Gasteiger charge is -2.18. The van der Waals surface area contributed by atoms with Crippen LogP contribution in [0, 0.1) is 0 Å². The molecule has 1 N–H and O–H groups in total. The van der Waals surface area contributed by atoms with Crippen LogP contribution in [0.3, 0.4) is 0 Å². The molecule has 1 fully saturated rings. The van der Waals surface area contributed by atoms with Crippen molar-refractivity contribution in [2.24, 2.45) is 0 Å². The summed E-state index contributed by atoms with van der Waals surface area (Å²) in [7, 11) is -3.45. The molecular formula is C5H8O5S. The Morgan fingerprint density at radius 1 is 1.55 bits per heavy atom. The zero-order valence-electron chi connectivity index (χ0n) is 5.69. The third-order valence-electron chi connectivity index (χ3n) is 1.49. The molecule has 0 aromatic carbocycles. The van der Waals surface area contributed by atoms with Crippen molar-refractivity contribution >= 4 is 15.8 Å². The number of hydrogen-bond acceptors (Lipinski definition) is 4. The summed E-state index contributed by atoms with van der Waals surface area (Å²) in [5.74, 6) is -1.52. The number of carbonyl (C=O) groups is 1. The Balaban J connectivity index is 2.85. The third-order valence-corrected chi connectivity index (χ3v) is 3.43. The second-order valence-corrected chi connectivity index (χ2v) is 4.57. The number of sulfone groups is 1. The van der Waals surface area contributed by atoms with Gasteiger partial charge in [-0.15, -0.1) is 0 Å². The van der Waals surface area contributed by atoms with Crippen LogP contribution in [0.25, 0.3) is 0 Å². The molecule has 0 aromatic rings. The van der Waals surface area contributed by atoms with E-state index in [0.29, 0.717) is 0 Å². The molecular weight excluding hydrogens is 172 g/mol. The quantitative estimate of drug-likeness (QED) is 0.553. The zero-order chi connectivity index (χ0) is 8.48. The topological polar surface area (TPSA) is 80.7 Å². The molecule has 5 nitrogen and oxygen atoms in total. The predicted molar refractivity (Wildman–Crippen MR) is 36.0 cm³/mol. The maximum atomic E-state index is 11.0. The van der Waals surface area contributed by atoms with Crippen molar-refractivity contribution in [3.05, 3.63) is 0 Å². The van der Waals surface area contributed by atoms with E-state index in [9.17, 15) is 13.2 Å². The molecule has 0 bridgehead atoms. The van der Waals surface area contributed by atoms with Crippen LogP contribution in [-0.4, -0.2) is 43.7 Å². The Morgan fingerprint density at radius 2 is 2.18 bits per heavy atom. The predicted octanol–water partition coefficient (Wildman–Crippen LogP) is -1.12. The largest absolute Gasteiger partial charge is 0.480 e. The minimum absolute atomic E-state index is 0.103. The van der Waals surface area contributed by atoms with Crippen LogP contribution in [0.2, 0.25) is 0 Å². The lowest BCUT2D eigenvalue weighted by Crippen LogP contribution is -2.41. The number of hydrogen-bond donors (Lipinski definition) is 1. The summed E-state index contributed by atoms with van der Waals surface area (Å²) < 4.78 is 26.6. The highest BCUT2D eigenvalue weighted by Crippen LogP contribution is 2.09. The van der Waals surface area contributed by atoms with Crippen molar-refractivity contribution in [3.63, 3.8) is 0 Å².